The molecule has 0 N–H and O–H groups in total. The van der Waals surface area contributed by atoms with E-state index in [9.17, 15) is 0 Å². The Balaban J connectivity index is 0. The molecule has 1 rings (SSSR count). The van der Waals surface area contributed by atoms with Gasteiger partial charge in [-0.15, -0.1) is 0 Å². The van der Waals surface area contributed by atoms with Crippen LogP contribution < -0.4 is 4.74 Å². The Morgan fingerprint density at radius 3 is 1.76 bits per heavy atom. The van der Waals surface area contributed by atoms with Crippen molar-refractivity contribution >= 4 is 12.2 Å². The zero-order valence-electron chi connectivity index (χ0n) is 12.1. The fourth-order valence-corrected chi connectivity index (χ4v) is 1.38. The molecule has 0 fully saturated rings. The van der Waals surface area contributed by atoms with Crippen molar-refractivity contribution in [3.63, 3.8) is 0 Å². The fraction of sp³-hybridized carbons (Fsp3) is 0.375. The number of aryl methyl sites for hydroxylation is 1. The van der Waals surface area contributed by atoms with Crippen molar-refractivity contribution in [2.75, 3.05) is 7.11 Å². The summed E-state index contributed by atoms with van der Waals surface area (Å²) in [7, 11) is 1.66. The summed E-state index contributed by atoms with van der Waals surface area (Å²) in [6, 6.07) is 3.96. The van der Waals surface area contributed by atoms with Crippen LogP contribution >= 0.6 is 0 Å². The van der Waals surface area contributed by atoms with E-state index in [0.29, 0.717) is 0 Å². The minimum Gasteiger partial charge on any atom is -0.496 e. The first-order valence-corrected chi connectivity index (χ1v) is 6.17. The van der Waals surface area contributed by atoms with Crippen LogP contribution in [0.15, 0.2) is 25.3 Å². The highest BCUT2D eigenvalue weighted by Gasteiger charge is 2.05. The topological polar surface area (TPSA) is 9.23 Å². The lowest BCUT2D eigenvalue weighted by atomic mass is 10.0. The highest BCUT2D eigenvalue weighted by Crippen LogP contribution is 2.26. The van der Waals surface area contributed by atoms with Crippen LogP contribution in [0.3, 0.4) is 0 Å². The van der Waals surface area contributed by atoms with Crippen molar-refractivity contribution in [2.24, 2.45) is 0 Å². The molecule has 96 valence electrons. The summed E-state index contributed by atoms with van der Waals surface area (Å²) in [6.45, 7) is 17.6. The molecular formula is C16H26O. The molecule has 1 heteroatoms. The summed E-state index contributed by atoms with van der Waals surface area (Å²) in [6.07, 6.45) is 3.62. The molecule has 0 unspecified atom stereocenters. The molecule has 0 spiro atoms. The molecule has 0 radical (unpaired) electrons. The molecule has 0 aliphatic rings. The summed E-state index contributed by atoms with van der Waals surface area (Å²) in [5.74, 6) is 0.843. The predicted molar refractivity (Wildman–Crippen MR) is 80.6 cm³/mol. The third-order valence-corrected chi connectivity index (χ3v) is 2.09. The third kappa shape index (κ3) is 4.90. The molecular weight excluding hydrogens is 208 g/mol. The molecule has 1 aromatic carbocycles. The largest absolute Gasteiger partial charge is 0.496 e. The second kappa shape index (κ2) is 11.0. The quantitative estimate of drug-likeness (QED) is 0.685. The maximum Gasteiger partial charge on any atom is 0.126 e. The molecule has 0 heterocycles. The van der Waals surface area contributed by atoms with E-state index in [4.69, 9.17) is 4.74 Å². The third-order valence-electron chi connectivity index (χ3n) is 2.09. The van der Waals surface area contributed by atoms with Gasteiger partial charge in [-0.3, -0.25) is 0 Å². The Hall–Kier alpha value is -1.50. The maximum absolute atomic E-state index is 5.21. The van der Waals surface area contributed by atoms with Crippen LogP contribution in [0, 0.1) is 6.92 Å². The van der Waals surface area contributed by atoms with Gasteiger partial charge in [0.15, 0.2) is 0 Å². The van der Waals surface area contributed by atoms with Gasteiger partial charge in [0.2, 0.25) is 0 Å². The van der Waals surface area contributed by atoms with Gasteiger partial charge in [-0.2, -0.15) is 0 Å². The Bertz CT molecular complexity index is 338. The van der Waals surface area contributed by atoms with Crippen molar-refractivity contribution in [3.8, 4) is 5.75 Å². The van der Waals surface area contributed by atoms with Crippen molar-refractivity contribution < 1.29 is 4.74 Å². The molecule has 0 atom stereocenters. The van der Waals surface area contributed by atoms with Crippen molar-refractivity contribution in [1.82, 2.24) is 0 Å². The fourth-order valence-electron chi connectivity index (χ4n) is 1.38. The number of ether oxygens (including phenoxy) is 1. The predicted octanol–water partition coefficient (Wildman–Crippen LogP) is 5.34. The summed E-state index contributed by atoms with van der Waals surface area (Å²) < 4.78 is 5.21. The van der Waals surface area contributed by atoms with Crippen LogP contribution in [0.5, 0.6) is 5.75 Å². The van der Waals surface area contributed by atoms with Gasteiger partial charge in [0, 0.05) is 5.56 Å². The van der Waals surface area contributed by atoms with Gasteiger partial charge in [0.1, 0.15) is 5.75 Å². The van der Waals surface area contributed by atoms with E-state index < -0.39 is 0 Å². The summed E-state index contributed by atoms with van der Waals surface area (Å²) >= 11 is 0. The van der Waals surface area contributed by atoms with Crippen LogP contribution in [-0.2, 0) is 0 Å². The Morgan fingerprint density at radius 2 is 1.41 bits per heavy atom. The molecule has 0 bridgehead atoms. The lowest BCUT2D eigenvalue weighted by molar-refractivity contribution is 0.413. The van der Waals surface area contributed by atoms with Gasteiger partial charge in [-0.05, 0) is 24.1 Å². The molecule has 0 aliphatic heterocycles. The Labute approximate surface area is 107 Å². The molecule has 1 nitrogen and oxygen atoms in total. The zero-order valence-corrected chi connectivity index (χ0v) is 12.1. The van der Waals surface area contributed by atoms with Crippen LogP contribution in [-0.4, -0.2) is 7.11 Å². The first kappa shape index (κ1) is 17.9. The van der Waals surface area contributed by atoms with E-state index in [-0.39, 0.29) is 0 Å². The van der Waals surface area contributed by atoms with Gasteiger partial charge in [0.05, 0.1) is 7.11 Å². The Morgan fingerprint density at radius 1 is 0.941 bits per heavy atom. The van der Waals surface area contributed by atoms with E-state index >= 15 is 0 Å². The molecule has 0 amide bonds. The number of benzene rings is 1. The standard InChI is InChI=1S/C12H14O.2C2H6/c1-5-10-9(3)7-8-12(13-4)11(10)6-2;2*1-2/h5-8H,1-2H2,3-4H3;2*1-2H3. The highest BCUT2D eigenvalue weighted by molar-refractivity contribution is 5.71. The molecule has 0 saturated carbocycles. The first-order valence-electron chi connectivity index (χ1n) is 6.17. The average Bonchev–Trinajstić information content (AvgIpc) is 2.42. The van der Waals surface area contributed by atoms with E-state index in [1.165, 1.54) is 5.56 Å². The number of hydrogen-bond donors (Lipinski definition) is 0. The number of methoxy groups -OCH3 is 1. The minimum absolute atomic E-state index is 0.843. The van der Waals surface area contributed by atoms with E-state index in [0.717, 1.165) is 16.9 Å². The SMILES string of the molecule is C=Cc1c(C)ccc(OC)c1C=C.CC.CC. The zero-order chi connectivity index (χ0) is 13.8. The second-order valence-corrected chi connectivity index (χ2v) is 2.82. The monoisotopic (exact) mass is 234 g/mol. The normalized spacial score (nSPS) is 7.88. The number of rotatable bonds is 3. The lowest BCUT2D eigenvalue weighted by Gasteiger charge is -2.10. The van der Waals surface area contributed by atoms with Gasteiger partial charge in [0.25, 0.3) is 0 Å². The molecule has 0 aromatic heterocycles. The van der Waals surface area contributed by atoms with E-state index in [1.807, 2.05) is 52.8 Å². The Kier molecular flexibility index (Phi) is 11.6. The van der Waals surface area contributed by atoms with Crippen LogP contribution in [0.4, 0.5) is 0 Å². The van der Waals surface area contributed by atoms with Gasteiger partial charge in [-0.25, -0.2) is 0 Å². The van der Waals surface area contributed by atoms with Gasteiger partial charge in [-0.1, -0.05) is 59.1 Å². The lowest BCUT2D eigenvalue weighted by Crippen LogP contribution is -1.92. The van der Waals surface area contributed by atoms with Crippen molar-refractivity contribution in [1.29, 1.82) is 0 Å². The average molecular weight is 234 g/mol. The summed E-state index contributed by atoms with van der Waals surface area (Å²) in [5.41, 5.74) is 3.29. The smallest absolute Gasteiger partial charge is 0.126 e. The van der Waals surface area contributed by atoms with Crippen molar-refractivity contribution in [3.05, 3.63) is 42.0 Å². The maximum atomic E-state index is 5.21. The minimum atomic E-state index is 0.843. The molecule has 0 aliphatic carbocycles. The van der Waals surface area contributed by atoms with E-state index in [2.05, 4.69) is 13.2 Å². The highest BCUT2D eigenvalue weighted by atomic mass is 16.5. The first-order chi connectivity index (χ1) is 8.24. The number of hydrogen-bond acceptors (Lipinski definition) is 1. The van der Waals surface area contributed by atoms with Gasteiger partial charge < -0.3 is 4.74 Å². The van der Waals surface area contributed by atoms with Crippen LogP contribution in [0.1, 0.15) is 44.4 Å². The van der Waals surface area contributed by atoms with Crippen LogP contribution in [0.2, 0.25) is 0 Å². The second-order valence-electron chi connectivity index (χ2n) is 2.82. The van der Waals surface area contributed by atoms with E-state index in [1.54, 1.807) is 13.2 Å². The van der Waals surface area contributed by atoms with Gasteiger partial charge >= 0.3 is 0 Å². The summed E-state index contributed by atoms with van der Waals surface area (Å²) in [5, 5.41) is 0. The van der Waals surface area contributed by atoms with Crippen molar-refractivity contribution in [2.45, 2.75) is 34.6 Å². The molecule has 17 heavy (non-hydrogen) atoms. The summed E-state index contributed by atoms with van der Waals surface area (Å²) in [4.78, 5) is 0. The molecule has 0 saturated heterocycles. The van der Waals surface area contributed by atoms with Crippen LogP contribution in [0.25, 0.3) is 12.2 Å². The molecule has 1 aromatic rings.